The molecule has 0 saturated carbocycles. The average Bonchev–Trinajstić information content (AvgIpc) is 3.42. The minimum Gasteiger partial charge on any atom is -0.493 e. The fourth-order valence-corrected chi connectivity index (χ4v) is 4.75. The number of methoxy groups -OCH3 is 2. The minimum absolute atomic E-state index is 0.0224. The maximum atomic E-state index is 12.9. The summed E-state index contributed by atoms with van der Waals surface area (Å²) in [5.41, 5.74) is 1.55. The number of thiocarbonyl (C=S) groups is 1. The second kappa shape index (κ2) is 10.1. The molecule has 2 aromatic carbocycles. The van der Waals surface area contributed by atoms with Crippen LogP contribution in [0.4, 0.5) is 5.69 Å². The molecule has 0 radical (unpaired) electrons. The molecule has 1 fully saturated rings. The number of benzene rings is 2. The molecule has 0 spiro atoms. The topological polar surface area (TPSA) is 95.0 Å². The van der Waals surface area contributed by atoms with Crippen LogP contribution in [-0.2, 0) is 11.2 Å². The first-order valence-corrected chi connectivity index (χ1v) is 11.4. The molecule has 1 aliphatic rings. The predicted molar refractivity (Wildman–Crippen MR) is 134 cm³/mol. The largest absolute Gasteiger partial charge is 0.493 e. The smallest absolute Gasteiger partial charge is 0.270 e. The molecule has 174 valence electrons. The molecule has 34 heavy (non-hydrogen) atoms. The fourth-order valence-electron chi connectivity index (χ4n) is 3.46. The van der Waals surface area contributed by atoms with Gasteiger partial charge in [-0.3, -0.25) is 19.8 Å². The van der Waals surface area contributed by atoms with Crippen molar-refractivity contribution < 1.29 is 23.6 Å². The number of ether oxygens (including phenoxy) is 2. The molecule has 8 nitrogen and oxygen atoms in total. The van der Waals surface area contributed by atoms with E-state index in [0.717, 1.165) is 5.56 Å². The van der Waals surface area contributed by atoms with Gasteiger partial charge in [0.1, 0.15) is 15.8 Å². The van der Waals surface area contributed by atoms with Gasteiger partial charge in [0.15, 0.2) is 11.5 Å². The van der Waals surface area contributed by atoms with Crippen LogP contribution in [0.3, 0.4) is 0 Å². The van der Waals surface area contributed by atoms with Crippen LogP contribution in [0.1, 0.15) is 11.3 Å². The van der Waals surface area contributed by atoms with Gasteiger partial charge < -0.3 is 13.9 Å². The minimum atomic E-state index is -0.458. The lowest BCUT2D eigenvalue weighted by atomic mass is 10.1. The summed E-state index contributed by atoms with van der Waals surface area (Å²) in [5, 5.41) is 11.0. The van der Waals surface area contributed by atoms with Crippen LogP contribution < -0.4 is 9.47 Å². The molecule has 2 heterocycles. The number of nitro benzene ring substituents is 1. The van der Waals surface area contributed by atoms with Gasteiger partial charge in [-0.2, -0.15) is 0 Å². The highest BCUT2D eigenvalue weighted by atomic mass is 32.2. The van der Waals surface area contributed by atoms with Gasteiger partial charge >= 0.3 is 0 Å². The van der Waals surface area contributed by atoms with Crippen LogP contribution in [0.2, 0.25) is 0 Å². The SMILES string of the molecule is COc1ccc(CCN2C(=O)C(=Cc3ccc(-c4cccc([N+](=O)[O-])c4)o3)SC2=S)cc1OC. The molecule has 10 heteroatoms. The molecule has 1 amide bonds. The molecule has 0 unspecified atom stereocenters. The normalized spacial score (nSPS) is 14.6. The lowest BCUT2D eigenvalue weighted by Gasteiger charge is -2.15. The zero-order valence-electron chi connectivity index (χ0n) is 18.3. The summed E-state index contributed by atoms with van der Waals surface area (Å²) in [6, 6.07) is 15.2. The molecule has 0 bridgehead atoms. The fraction of sp³-hybridized carbons (Fsp3) is 0.167. The lowest BCUT2D eigenvalue weighted by molar-refractivity contribution is -0.384. The Morgan fingerprint density at radius 3 is 2.65 bits per heavy atom. The second-order valence-corrected chi connectivity index (χ2v) is 8.96. The Balaban J connectivity index is 1.46. The first-order valence-electron chi connectivity index (χ1n) is 10.2. The van der Waals surface area contributed by atoms with Crippen LogP contribution in [0.5, 0.6) is 11.5 Å². The maximum absolute atomic E-state index is 12.9. The summed E-state index contributed by atoms with van der Waals surface area (Å²) in [7, 11) is 3.16. The van der Waals surface area contributed by atoms with Gasteiger partial charge in [0.05, 0.1) is 24.0 Å². The van der Waals surface area contributed by atoms with Crippen molar-refractivity contribution in [2.45, 2.75) is 6.42 Å². The Bertz CT molecular complexity index is 1300. The van der Waals surface area contributed by atoms with Gasteiger partial charge in [-0.15, -0.1) is 0 Å². The van der Waals surface area contributed by atoms with Crippen molar-refractivity contribution in [1.82, 2.24) is 4.90 Å². The predicted octanol–water partition coefficient (Wildman–Crippen LogP) is 5.32. The van der Waals surface area contributed by atoms with Gasteiger partial charge in [0, 0.05) is 30.3 Å². The van der Waals surface area contributed by atoms with Crippen molar-refractivity contribution in [2.24, 2.45) is 0 Å². The number of amides is 1. The van der Waals surface area contributed by atoms with Gasteiger partial charge in [0.25, 0.3) is 11.6 Å². The molecule has 1 saturated heterocycles. The third-order valence-electron chi connectivity index (χ3n) is 5.19. The Morgan fingerprint density at radius 2 is 1.91 bits per heavy atom. The Labute approximate surface area is 205 Å². The maximum Gasteiger partial charge on any atom is 0.270 e. The van der Waals surface area contributed by atoms with E-state index in [0.29, 0.717) is 50.8 Å². The van der Waals surface area contributed by atoms with Crippen LogP contribution >= 0.6 is 24.0 Å². The second-order valence-electron chi connectivity index (χ2n) is 7.28. The summed E-state index contributed by atoms with van der Waals surface area (Å²) < 4.78 is 16.9. The number of non-ortho nitro benzene ring substituents is 1. The molecule has 4 rings (SSSR count). The first-order chi connectivity index (χ1) is 16.4. The first kappa shape index (κ1) is 23.5. The molecule has 3 aromatic rings. The van der Waals surface area contributed by atoms with E-state index in [1.807, 2.05) is 18.2 Å². The number of nitrogens with zero attached hydrogens (tertiary/aromatic N) is 2. The number of hydrogen-bond acceptors (Lipinski definition) is 8. The number of carbonyl (C=O) groups excluding carboxylic acids is 1. The van der Waals surface area contributed by atoms with Crippen molar-refractivity contribution in [2.75, 3.05) is 20.8 Å². The van der Waals surface area contributed by atoms with E-state index in [2.05, 4.69) is 0 Å². The number of thioether (sulfide) groups is 1. The van der Waals surface area contributed by atoms with Crippen molar-refractivity contribution in [3.05, 3.63) is 80.9 Å². The molecular weight excluding hydrogens is 476 g/mol. The van der Waals surface area contributed by atoms with E-state index in [-0.39, 0.29) is 11.6 Å². The monoisotopic (exact) mass is 496 g/mol. The van der Waals surface area contributed by atoms with Crippen LogP contribution in [-0.4, -0.2) is 40.8 Å². The highest BCUT2D eigenvalue weighted by Gasteiger charge is 2.32. The lowest BCUT2D eigenvalue weighted by Crippen LogP contribution is -2.30. The van der Waals surface area contributed by atoms with Crippen LogP contribution in [0, 0.1) is 10.1 Å². The summed E-state index contributed by atoms with van der Waals surface area (Å²) >= 11 is 6.63. The standard InChI is InChI=1S/C24H20N2O6S2/c1-30-20-8-6-15(12-21(20)31-2)10-11-25-23(27)22(34-24(25)33)14-18-7-9-19(32-18)16-4-3-5-17(13-16)26(28)29/h3-9,12-14H,10-11H2,1-2H3. The van der Waals surface area contributed by atoms with E-state index in [1.165, 1.54) is 23.9 Å². The summed E-state index contributed by atoms with van der Waals surface area (Å²) in [6.45, 7) is 0.425. The van der Waals surface area contributed by atoms with Crippen molar-refractivity contribution in [1.29, 1.82) is 0 Å². The van der Waals surface area contributed by atoms with E-state index in [9.17, 15) is 14.9 Å². The van der Waals surface area contributed by atoms with E-state index in [1.54, 1.807) is 49.5 Å². The Morgan fingerprint density at radius 1 is 1.12 bits per heavy atom. The number of hydrogen-bond donors (Lipinski definition) is 0. The Kier molecular flexibility index (Phi) is 6.99. The summed E-state index contributed by atoms with van der Waals surface area (Å²) in [6.07, 6.45) is 2.23. The van der Waals surface area contributed by atoms with E-state index < -0.39 is 4.92 Å². The average molecular weight is 497 g/mol. The van der Waals surface area contributed by atoms with Gasteiger partial charge in [-0.05, 0) is 36.2 Å². The highest BCUT2D eigenvalue weighted by Crippen LogP contribution is 2.34. The van der Waals surface area contributed by atoms with E-state index >= 15 is 0 Å². The highest BCUT2D eigenvalue weighted by molar-refractivity contribution is 8.26. The third kappa shape index (κ3) is 4.97. The molecule has 1 aliphatic heterocycles. The quantitative estimate of drug-likeness (QED) is 0.179. The zero-order valence-corrected chi connectivity index (χ0v) is 20.0. The number of rotatable bonds is 8. The van der Waals surface area contributed by atoms with Crippen molar-refractivity contribution in [3.8, 4) is 22.8 Å². The number of nitro groups is 1. The van der Waals surface area contributed by atoms with E-state index in [4.69, 9.17) is 26.1 Å². The molecule has 1 aromatic heterocycles. The summed E-state index contributed by atoms with van der Waals surface area (Å²) in [5.74, 6) is 2.01. The number of furan rings is 1. The molecule has 0 atom stereocenters. The molecule has 0 N–H and O–H groups in total. The summed E-state index contributed by atoms with van der Waals surface area (Å²) in [4.78, 5) is 25.5. The van der Waals surface area contributed by atoms with Gasteiger partial charge in [0.2, 0.25) is 0 Å². The van der Waals surface area contributed by atoms with Crippen molar-refractivity contribution >= 4 is 46.0 Å². The van der Waals surface area contributed by atoms with Crippen molar-refractivity contribution in [3.63, 3.8) is 0 Å². The number of carbonyl (C=O) groups is 1. The van der Waals surface area contributed by atoms with Gasteiger partial charge in [-0.1, -0.05) is 42.2 Å². The third-order valence-corrected chi connectivity index (χ3v) is 6.57. The van der Waals surface area contributed by atoms with Crippen LogP contribution in [0.15, 0.2) is 63.9 Å². The molecular formula is C24H20N2O6S2. The zero-order chi connectivity index (χ0) is 24.2. The Hall–Kier alpha value is -3.63. The van der Waals surface area contributed by atoms with Gasteiger partial charge in [-0.25, -0.2) is 0 Å². The molecule has 0 aliphatic carbocycles. The van der Waals surface area contributed by atoms with Crippen LogP contribution in [0.25, 0.3) is 17.4 Å².